The van der Waals surface area contributed by atoms with Crippen molar-refractivity contribution >= 4 is 18.1 Å². The second kappa shape index (κ2) is 6.23. The summed E-state index contributed by atoms with van der Waals surface area (Å²) in [5.41, 5.74) is 0.179. The molecule has 0 radical (unpaired) electrons. The van der Waals surface area contributed by atoms with Gasteiger partial charge in [-0.2, -0.15) is 5.10 Å². The van der Waals surface area contributed by atoms with Crippen molar-refractivity contribution in [2.45, 2.75) is 31.1 Å². The number of halogens is 1. The van der Waals surface area contributed by atoms with E-state index in [1.165, 1.54) is 12.1 Å². The summed E-state index contributed by atoms with van der Waals surface area (Å²) in [5.74, 6) is 0.456. The lowest BCUT2D eigenvalue weighted by Gasteiger charge is -2.40. The fourth-order valence-corrected chi connectivity index (χ4v) is 3.17. The number of H-pyrrole nitrogens is 1. The van der Waals surface area contributed by atoms with Gasteiger partial charge in [0.1, 0.15) is 11.6 Å². The molecule has 1 saturated carbocycles. The van der Waals surface area contributed by atoms with Crippen LogP contribution in [0.15, 0.2) is 24.3 Å². The van der Waals surface area contributed by atoms with Crippen LogP contribution in [0.5, 0.6) is 0 Å². The molecular weight excluding hydrogens is 315 g/mol. The van der Waals surface area contributed by atoms with E-state index in [2.05, 4.69) is 15.5 Å². The fourth-order valence-electron chi connectivity index (χ4n) is 3.02. The number of hydrogen-bond acceptors (Lipinski definition) is 3. The standard InChI is InChI=1S/C16H19FN4OS/c1-21-13(19-20-15(21)23)6-9-18-14(22)16(7-3-8-16)11-4-2-5-12(17)10-11/h2,4-5,10H,3,6-9H2,1H3,(H,18,22)(H,20,23). The van der Waals surface area contributed by atoms with Crippen LogP contribution in [-0.2, 0) is 23.7 Å². The van der Waals surface area contributed by atoms with Gasteiger partial charge in [0, 0.05) is 20.0 Å². The Labute approximate surface area is 138 Å². The summed E-state index contributed by atoms with van der Waals surface area (Å²) < 4.78 is 15.8. The van der Waals surface area contributed by atoms with Crippen molar-refractivity contribution in [1.29, 1.82) is 0 Å². The zero-order valence-electron chi connectivity index (χ0n) is 12.9. The van der Waals surface area contributed by atoms with Gasteiger partial charge in [-0.15, -0.1) is 0 Å². The lowest BCUT2D eigenvalue weighted by Crippen LogP contribution is -2.49. The van der Waals surface area contributed by atoms with Crippen LogP contribution in [0.4, 0.5) is 4.39 Å². The molecule has 0 atom stereocenters. The van der Waals surface area contributed by atoms with E-state index < -0.39 is 5.41 Å². The second-order valence-corrected chi connectivity index (χ2v) is 6.34. The van der Waals surface area contributed by atoms with E-state index in [9.17, 15) is 9.18 Å². The zero-order valence-corrected chi connectivity index (χ0v) is 13.8. The van der Waals surface area contributed by atoms with Crippen LogP contribution in [0, 0.1) is 10.6 Å². The minimum atomic E-state index is -0.584. The van der Waals surface area contributed by atoms with Crippen LogP contribution >= 0.6 is 12.2 Å². The number of nitrogens with one attached hydrogen (secondary N) is 2. The number of benzene rings is 1. The SMILES string of the molecule is Cn1c(CCNC(=O)C2(c3cccc(F)c3)CCC2)n[nH]c1=S. The van der Waals surface area contributed by atoms with Crippen molar-refractivity contribution in [2.24, 2.45) is 7.05 Å². The number of carbonyl (C=O) groups is 1. The maximum atomic E-state index is 13.5. The molecule has 122 valence electrons. The van der Waals surface area contributed by atoms with Gasteiger partial charge in [0.25, 0.3) is 0 Å². The molecule has 1 aromatic carbocycles. The molecule has 1 aliphatic carbocycles. The van der Waals surface area contributed by atoms with Gasteiger partial charge < -0.3 is 9.88 Å². The van der Waals surface area contributed by atoms with Crippen LogP contribution in [-0.4, -0.2) is 27.2 Å². The molecule has 1 amide bonds. The third-order valence-electron chi connectivity index (χ3n) is 4.63. The van der Waals surface area contributed by atoms with Crippen LogP contribution in [0.3, 0.4) is 0 Å². The van der Waals surface area contributed by atoms with Crippen molar-refractivity contribution in [3.8, 4) is 0 Å². The molecule has 0 aliphatic heterocycles. The van der Waals surface area contributed by atoms with E-state index in [1.54, 1.807) is 10.6 Å². The highest BCUT2D eigenvalue weighted by atomic mass is 32.1. The molecule has 1 aromatic heterocycles. The highest BCUT2D eigenvalue weighted by Gasteiger charge is 2.45. The first-order valence-corrected chi connectivity index (χ1v) is 8.08. The van der Waals surface area contributed by atoms with Gasteiger partial charge in [-0.3, -0.25) is 9.89 Å². The number of aromatic nitrogens is 3. The smallest absolute Gasteiger partial charge is 0.230 e. The van der Waals surface area contributed by atoms with E-state index in [1.807, 2.05) is 13.1 Å². The quantitative estimate of drug-likeness (QED) is 0.826. The molecule has 2 N–H and O–H groups in total. The van der Waals surface area contributed by atoms with Crippen molar-refractivity contribution in [1.82, 2.24) is 20.1 Å². The second-order valence-electron chi connectivity index (χ2n) is 5.96. The maximum absolute atomic E-state index is 13.5. The Balaban J connectivity index is 1.67. The molecular formula is C16H19FN4OS. The van der Waals surface area contributed by atoms with Gasteiger partial charge >= 0.3 is 0 Å². The third-order valence-corrected chi connectivity index (χ3v) is 4.99. The minimum absolute atomic E-state index is 0.0360. The molecule has 0 saturated heterocycles. The monoisotopic (exact) mass is 334 g/mol. The Morgan fingerprint density at radius 1 is 1.52 bits per heavy atom. The Kier molecular flexibility index (Phi) is 4.30. The zero-order chi connectivity index (χ0) is 16.4. The summed E-state index contributed by atoms with van der Waals surface area (Å²) in [6.45, 7) is 0.476. The lowest BCUT2D eigenvalue weighted by molar-refractivity contribution is -0.129. The van der Waals surface area contributed by atoms with Crippen LogP contribution < -0.4 is 5.32 Å². The molecule has 3 rings (SSSR count). The Bertz CT molecular complexity index is 778. The van der Waals surface area contributed by atoms with Crippen LogP contribution in [0.25, 0.3) is 0 Å². The number of carbonyl (C=O) groups excluding carboxylic acids is 1. The van der Waals surface area contributed by atoms with Crippen LogP contribution in [0.2, 0.25) is 0 Å². The first-order valence-electron chi connectivity index (χ1n) is 7.67. The number of nitrogens with zero attached hydrogens (tertiary/aromatic N) is 2. The highest BCUT2D eigenvalue weighted by Crippen LogP contribution is 2.44. The van der Waals surface area contributed by atoms with Gasteiger partial charge in [-0.05, 0) is 42.8 Å². The summed E-state index contributed by atoms with van der Waals surface area (Å²) >= 11 is 5.06. The first-order chi connectivity index (χ1) is 11.0. The predicted molar refractivity (Wildman–Crippen MR) is 87.0 cm³/mol. The fraction of sp³-hybridized carbons (Fsp3) is 0.438. The normalized spacial score (nSPS) is 15.9. The topological polar surface area (TPSA) is 62.7 Å². The number of amides is 1. The Morgan fingerprint density at radius 2 is 2.30 bits per heavy atom. The molecule has 1 aliphatic rings. The first kappa shape index (κ1) is 15.9. The molecule has 0 bridgehead atoms. The van der Waals surface area contributed by atoms with E-state index >= 15 is 0 Å². The van der Waals surface area contributed by atoms with E-state index in [-0.39, 0.29) is 11.7 Å². The Morgan fingerprint density at radius 3 is 2.87 bits per heavy atom. The molecule has 5 nitrogen and oxygen atoms in total. The minimum Gasteiger partial charge on any atom is -0.355 e. The Hall–Kier alpha value is -2.02. The molecule has 2 aromatic rings. The van der Waals surface area contributed by atoms with E-state index in [0.717, 1.165) is 30.7 Å². The average molecular weight is 334 g/mol. The number of rotatable bonds is 5. The van der Waals surface area contributed by atoms with Gasteiger partial charge in [-0.25, -0.2) is 4.39 Å². The highest BCUT2D eigenvalue weighted by molar-refractivity contribution is 7.71. The third kappa shape index (κ3) is 2.93. The van der Waals surface area contributed by atoms with Crippen molar-refractivity contribution in [3.63, 3.8) is 0 Å². The predicted octanol–water partition coefficient (Wildman–Crippen LogP) is 2.40. The molecule has 1 fully saturated rings. The van der Waals surface area contributed by atoms with Gasteiger partial charge in [0.05, 0.1) is 5.41 Å². The molecule has 0 unspecified atom stereocenters. The van der Waals surface area contributed by atoms with Gasteiger partial charge in [0.2, 0.25) is 5.91 Å². The van der Waals surface area contributed by atoms with Crippen molar-refractivity contribution < 1.29 is 9.18 Å². The van der Waals surface area contributed by atoms with Crippen molar-refractivity contribution in [2.75, 3.05) is 6.54 Å². The summed E-state index contributed by atoms with van der Waals surface area (Å²) in [4.78, 5) is 12.7. The summed E-state index contributed by atoms with van der Waals surface area (Å²) in [5, 5.41) is 9.81. The van der Waals surface area contributed by atoms with Crippen LogP contribution in [0.1, 0.15) is 30.7 Å². The summed E-state index contributed by atoms with van der Waals surface area (Å²) in [6.07, 6.45) is 3.09. The van der Waals surface area contributed by atoms with E-state index in [0.29, 0.717) is 17.7 Å². The van der Waals surface area contributed by atoms with E-state index in [4.69, 9.17) is 12.2 Å². The molecule has 23 heavy (non-hydrogen) atoms. The summed E-state index contributed by atoms with van der Waals surface area (Å²) in [6, 6.07) is 6.36. The van der Waals surface area contributed by atoms with Gasteiger partial charge in [0.15, 0.2) is 4.77 Å². The number of hydrogen-bond donors (Lipinski definition) is 2. The van der Waals surface area contributed by atoms with Crippen molar-refractivity contribution in [3.05, 3.63) is 46.2 Å². The molecule has 1 heterocycles. The average Bonchev–Trinajstić information content (AvgIpc) is 2.78. The number of aromatic amines is 1. The largest absolute Gasteiger partial charge is 0.355 e. The van der Waals surface area contributed by atoms with Gasteiger partial charge in [-0.1, -0.05) is 18.6 Å². The molecule has 7 heteroatoms. The lowest BCUT2D eigenvalue weighted by atomic mass is 9.64. The maximum Gasteiger partial charge on any atom is 0.230 e. The summed E-state index contributed by atoms with van der Waals surface area (Å²) in [7, 11) is 1.84. The molecule has 0 spiro atoms.